The molecule has 2 amide bonds. The molecule has 7 heteroatoms. The van der Waals surface area contributed by atoms with Crippen molar-refractivity contribution in [2.75, 3.05) is 10.2 Å². The monoisotopic (exact) mass is 444 g/mol. The summed E-state index contributed by atoms with van der Waals surface area (Å²) < 4.78 is 0. The van der Waals surface area contributed by atoms with Gasteiger partial charge in [-0.05, 0) is 63.3 Å². The number of pyridine rings is 1. The number of nitrogens with zero attached hydrogens (tertiary/aromatic N) is 3. The smallest absolute Gasteiger partial charge is 0.277 e. The Kier molecular flexibility index (Phi) is 5.35. The number of thiophene rings is 1. The molecule has 0 fully saturated rings. The number of aryl methyl sites for hydroxylation is 1. The molecule has 0 bridgehead atoms. The van der Waals surface area contributed by atoms with Crippen LogP contribution in [0.2, 0.25) is 0 Å². The minimum absolute atomic E-state index is 0.0150. The normalized spacial score (nSPS) is 16.4. The van der Waals surface area contributed by atoms with E-state index in [1.807, 2.05) is 44.2 Å². The minimum atomic E-state index is -0.198. The molecule has 0 radical (unpaired) electrons. The molecule has 0 saturated heterocycles. The molecule has 0 spiro atoms. The number of aliphatic imine (C=N–C) groups is 1. The average Bonchev–Trinajstić information content (AvgIpc) is 3.29. The Balaban J connectivity index is 1.61. The van der Waals surface area contributed by atoms with Gasteiger partial charge in [0.05, 0.1) is 23.1 Å². The molecule has 1 aromatic carbocycles. The minimum Gasteiger partial charge on any atom is -0.320 e. The zero-order valence-corrected chi connectivity index (χ0v) is 18.9. The van der Waals surface area contributed by atoms with Gasteiger partial charge < -0.3 is 10.2 Å². The molecular formula is C25H24N4O2S. The summed E-state index contributed by atoms with van der Waals surface area (Å²) >= 11 is 1.54. The molecule has 6 nitrogen and oxygen atoms in total. The standard InChI is InChI=1S/C25H24N4O2S/c1-15(2)29-19-11-5-3-9-17(19)22(25(29)31)28-24-21(18-10-4-6-12-20(18)32-24)23(30)27-16-8-7-13-26-14-16/h3,5,7-9,11,13-15H,4,6,10,12H2,1-2H3,(H,27,30). The fraction of sp³-hybridized carbons (Fsp3) is 0.280. The number of para-hydroxylation sites is 1. The van der Waals surface area contributed by atoms with Crippen molar-refractivity contribution in [2.24, 2.45) is 4.99 Å². The number of benzene rings is 1. The molecule has 0 saturated carbocycles. The molecule has 1 aliphatic heterocycles. The van der Waals surface area contributed by atoms with E-state index in [0.717, 1.165) is 42.5 Å². The second-order valence-corrected chi connectivity index (χ2v) is 9.42. The van der Waals surface area contributed by atoms with E-state index >= 15 is 0 Å². The molecule has 1 N–H and O–H groups in total. The van der Waals surface area contributed by atoms with Crippen LogP contribution >= 0.6 is 11.3 Å². The summed E-state index contributed by atoms with van der Waals surface area (Å²) in [5.74, 6) is -0.317. The van der Waals surface area contributed by atoms with Crippen LogP contribution in [0, 0.1) is 0 Å². The Morgan fingerprint density at radius 1 is 1.16 bits per heavy atom. The highest BCUT2D eigenvalue weighted by atomic mass is 32.1. The van der Waals surface area contributed by atoms with Gasteiger partial charge in [-0.15, -0.1) is 11.3 Å². The van der Waals surface area contributed by atoms with Crippen LogP contribution in [0.25, 0.3) is 0 Å². The van der Waals surface area contributed by atoms with Gasteiger partial charge >= 0.3 is 0 Å². The number of carbonyl (C=O) groups excluding carboxylic acids is 2. The van der Waals surface area contributed by atoms with E-state index in [1.165, 1.54) is 16.2 Å². The molecule has 5 rings (SSSR count). The molecule has 162 valence electrons. The first-order chi connectivity index (χ1) is 15.5. The van der Waals surface area contributed by atoms with E-state index in [2.05, 4.69) is 10.3 Å². The van der Waals surface area contributed by atoms with Gasteiger partial charge in [0.1, 0.15) is 10.7 Å². The lowest BCUT2D eigenvalue weighted by Gasteiger charge is -2.20. The number of amides is 2. The van der Waals surface area contributed by atoms with Gasteiger partial charge in [-0.25, -0.2) is 4.99 Å². The van der Waals surface area contributed by atoms with Crippen LogP contribution in [0.15, 0.2) is 53.8 Å². The van der Waals surface area contributed by atoms with Gasteiger partial charge in [0.15, 0.2) is 0 Å². The first-order valence-corrected chi connectivity index (χ1v) is 11.7. The van der Waals surface area contributed by atoms with Crippen molar-refractivity contribution in [3.05, 3.63) is 70.4 Å². The maximum atomic E-state index is 13.3. The van der Waals surface area contributed by atoms with E-state index in [1.54, 1.807) is 23.4 Å². The summed E-state index contributed by atoms with van der Waals surface area (Å²) in [6.07, 6.45) is 7.25. The quantitative estimate of drug-likeness (QED) is 0.605. The van der Waals surface area contributed by atoms with Crippen molar-refractivity contribution in [3.63, 3.8) is 0 Å². The lowest BCUT2D eigenvalue weighted by molar-refractivity contribution is -0.112. The topological polar surface area (TPSA) is 74.7 Å². The lowest BCUT2D eigenvalue weighted by atomic mass is 9.95. The second-order valence-electron chi connectivity index (χ2n) is 8.33. The van der Waals surface area contributed by atoms with Crippen molar-refractivity contribution in [1.82, 2.24) is 4.98 Å². The first kappa shape index (κ1) is 20.6. The molecule has 3 heterocycles. The third-order valence-corrected chi connectivity index (χ3v) is 7.05. The van der Waals surface area contributed by atoms with Gasteiger partial charge in [-0.1, -0.05) is 18.2 Å². The van der Waals surface area contributed by atoms with Crippen LogP contribution in [0.5, 0.6) is 0 Å². The highest BCUT2D eigenvalue weighted by molar-refractivity contribution is 7.16. The summed E-state index contributed by atoms with van der Waals surface area (Å²) in [7, 11) is 0. The van der Waals surface area contributed by atoms with Crippen LogP contribution in [0.1, 0.15) is 53.1 Å². The van der Waals surface area contributed by atoms with Crippen molar-refractivity contribution in [2.45, 2.75) is 45.6 Å². The van der Waals surface area contributed by atoms with E-state index in [0.29, 0.717) is 22.0 Å². The predicted molar refractivity (Wildman–Crippen MR) is 128 cm³/mol. The Bertz CT molecular complexity index is 1230. The Labute approximate surface area is 191 Å². The summed E-state index contributed by atoms with van der Waals surface area (Å²) in [6, 6.07) is 11.3. The number of hydrogen-bond acceptors (Lipinski definition) is 5. The van der Waals surface area contributed by atoms with E-state index in [-0.39, 0.29) is 17.9 Å². The average molecular weight is 445 g/mol. The van der Waals surface area contributed by atoms with Crippen LogP contribution in [-0.2, 0) is 17.6 Å². The second kappa shape index (κ2) is 8.31. The third kappa shape index (κ3) is 3.52. The highest BCUT2D eigenvalue weighted by Crippen LogP contribution is 2.42. The van der Waals surface area contributed by atoms with Gasteiger partial charge in [-0.2, -0.15) is 0 Å². The van der Waals surface area contributed by atoms with Gasteiger partial charge in [0.2, 0.25) is 0 Å². The maximum absolute atomic E-state index is 13.3. The number of aromatic nitrogens is 1. The third-order valence-electron chi connectivity index (χ3n) is 5.87. The number of hydrogen-bond donors (Lipinski definition) is 1. The molecule has 2 aromatic heterocycles. The summed E-state index contributed by atoms with van der Waals surface area (Å²) in [6.45, 7) is 3.99. The van der Waals surface area contributed by atoms with Gasteiger partial charge in [0, 0.05) is 22.7 Å². The molecular weight excluding hydrogens is 420 g/mol. The lowest BCUT2D eigenvalue weighted by Crippen LogP contribution is -2.35. The number of carbonyl (C=O) groups is 2. The van der Waals surface area contributed by atoms with Crippen molar-refractivity contribution < 1.29 is 9.59 Å². The van der Waals surface area contributed by atoms with E-state index in [4.69, 9.17) is 4.99 Å². The highest BCUT2D eigenvalue weighted by Gasteiger charge is 2.36. The Morgan fingerprint density at radius 3 is 2.75 bits per heavy atom. The van der Waals surface area contributed by atoms with Crippen LogP contribution in [0.4, 0.5) is 16.4 Å². The number of anilines is 2. The van der Waals surface area contributed by atoms with Crippen molar-refractivity contribution in [1.29, 1.82) is 0 Å². The summed E-state index contributed by atoms with van der Waals surface area (Å²) in [5, 5.41) is 3.57. The van der Waals surface area contributed by atoms with Gasteiger partial charge in [-0.3, -0.25) is 14.6 Å². The molecule has 32 heavy (non-hydrogen) atoms. The largest absolute Gasteiger partial charge is 0.320 e. The van der Waals surface area contributed by atoms with Gasteiger partial charge in [0.25, 0.3) is 11.8 Å². The molecule has 0 unspecified atom stereocenters. The molecule has 2 aliphatic rings. The predicted octanol–water partition coefficient (Wildman–Crippen LogP) is 5.15. The molecule has 3 aromatic rings. The van der Waals surface area contributed by atoms with Crippen LogP contribution in [-0.4, -0.2) is 28.6 Å². The number of fused-ring (bicyclic) bond motifs is 2. The molecule has 0 atom stereocenters. The van der Waals surface area contributed by atoms with Crippen molar-refractivity contribution in [3.8, 4) is 0 Å². The van der Waals surface area contributed by atoms with Crippen LogP contribution < -0.4 is 10.2 Å². The Hall–Kier alpha value is -3.32. The zero-order valence-electron chi connectivity index (χ0n) is 18.1. The molecule has 1 aliphatic carbocycles. The Morgan fingerprint density at radius 2 is 1.97 bits per heavy atom. The fourth-order valence-electron chi connectivity index (χ4n) is 4.44. The summed E-state index contributed by atoms with van der Waals surface area (Å²) in [5.41, 5.74) is 4.39. The maximum Gasteiger partial charge on any atom is 0.277 e. The SMILES string of the molecule is CC(C)N1C(=O)C(=Nc2sc3c(c2C(=O)Nc2cccnc2)CCCC3)c2ccccc21. The fourth-order valence-corrected chi connectivity index (χ4v) is 5.70. The number of rotatable bonds is 4. The summed E-state index contributed by atoms with van der Waals surface area (Å²) in [4.78, 5) is 38.6. The first-order valence-electron chi connectivity index (χ1n) is 10.9. The van der Waals surface area contributed by atoms with Crippen LogP contribution in [0.3, 0.4) is 0 Å². The number of nitrogens with one attached hydrogen (secondary N) is 1. The van der Waals surface area contributed by atoms with E-state index in [9.17, 15) is 9.59 Å². The van der Waals surface area contributed by atoms with Crippen molar-refractivity contribution >= 4 is 45.2 Å². The van der Waals surface area contributed by atoms with E-state index < -0.39 is 0 Å². The zero-order chi connectivity index (χ0) is 22.2.